The predicted octanol–water partition coefficient (Wildman–Crippen LogP) is 4.34. The van der Waals surface area contributed by atoms with Gasteiger partial charge in [0, 0.05) is 67.8 Å². The zero-order valence-corrected chi connectivity index (χ0v) is 23.4. The summed E-state index contributed by atoms with van der Waals surface area (Å²) in [5, 5.41) is 18.8. The molecule has 9 nitrogen and oxygen atoms in total. The van der Waals surface area contributed by atoms with Gasteiger partial charge in [-0.2, -0.15) is 5.10 Å². The van der Waals surface area contributed by atoms with Crippen LogP contribution in [0.4, 0.5) is 14.9 Å². The molecule has 2 fully saturated rings. The first-order valence-electron chi connectivity index (χ1n) is 13.8. The lowest BCUT2D eigenvalue weighted by Crippen LogP contribution is -2.55. The van der Waals surface area contributed by atoms with Gasteiger partial charge in [-0.05, 0) is 29.7 Å². The maximum Gasteiger partial charge on any atom is 0.328 e. The second-order valence-electron chi connectivity index (χ2n) is 11.7. The Hall–Kier alpha value is -4.15. The highest BCUT2D eigenvalue weighted by atomic mass is 19.1. The predicted molar refractivity (Wildman–Crippen MR) is 153 cm³/mol. The standard InChI is InChI=1S/C31H33FN6O3/c1-30(2)19-37(17-20-4-6-21(7-5-20)22-15-34-36(3)18-22)13-11-31(30,41)25-8-9-26-24(28(25)32)14-23(16-33-26)38-12-10-27(39)35-29(38)40/h4-9,14-16,18,41H,10-13,17,19H2,1-3H3,(H,35,39,40). The molecule has 1 unspecified atom stereocenters. The molecule has 4 heterocycles. The minimum absolute atomic E-state index is 0.158. The molecule has 0 radical (unpaired) electrons. The van der Waals surface area contributed by atoms with Gasteiger partial charge in [0.05, 0.1) is 29.2 Å². The summed E-state index contributed by atoms with van der Waals surface area (Å²) in [6.45, 7) is 6.03. The summed E-state index contributed by atoms with van der Waals surface area (Å²) in [5.74, 6) is -0.883. The van der Waals surface area contributed by atoms with Crippen LogP contribution in [0.3, 0.4) is 0 Å². The number of benzene rings is 2. The zero-order valence-electron chi connectivity index (χ0n) is 23.4. The summed E-state index contributed by atoms with van der Waals surface area (Å²) in [5.41, 5.74) is 2.33. The molecular formula is C31H33FN6O3. The van der Waals surface area contributed by atoms with E-state index >= 15 is 4.39 Å². The van der Waals surface area contributed by atoms with Crippen molar-refractivity contribution >= 4 is 28.5 Å². The lowest BCUT2D eigenvalue weighted by molar-refractivity contribution is -0.128. The quantitative estimate of drug-likeness (QED) is 0.379. The number of rotatable bonds is 5. The molecule has 2 saturated heterocycles. The number of aliphatic hydroxyl groups is 1. The molecule has 3 amide bonds. The van der Waals surface area contributed by atoms with E-state index in [-0.39, 0.29) is 29.8 Å². The van der Waals surface area contributed by atoms with E-state index in [9.17, 15) is 14.7 Å². The summed E-state index contributed by atoms with van der Waals surface area (Å²) in [4.78, 5) is 31.9. The number of halogens is 1. The average molecular weight is 557 g/mol. The Kier molecular flexibility index (Phi) is 6.62. The van der Waals surface area contributed by atoms with E-state index in [0.717, 1.165) is 23.2 Å². The first-order valence-corrected chi connectivity index (χ1v) is 13.8. The molecule has 212 valence electrons. The van der Waals surface area contributed by atoms with Gasteiger partial charge in [-0.25, -0.2) is 9.18 Å². The van der Waals surface area contributed by atoms with Crippen molar-refractivity contribution in [2.75, 3.05) is 24.5 Å². The Bertz CT molecular complexity index is 1650. The Morgan fingerprint density at radius 3 is 2.51 bits per heavy atom. The molecule has 6 rings (SSSR count). The molecule has 10 heteroatoms. The third kappa shape index (κ3) is 4.87. The number of urea groups is 1. The number of aryl methyl sites for hydroxylation is 1. The number of nitrogens with zero attached hydrogens (tertiary/aromatic N) is 5. The van der Waals surface area contributed by atoms with Crippen molar-refractivity contribution in [1.82, 2.24) is 25.0 Å². The van der Waals surface area contributed by atoms with Crippen molar-refractivity contribution in [2.24, 2.45) is 12.5 Å². The number of carbonyl (C=O) groups excluding carboxylic acids is 2. The topological polar surface area (TPSA) is 104 Å². The van der Waals surface area contributed by atoms with Gasteiger partial charge in [-0.1, -0.05) is 44.2 Å². The van der Waals surface area contributed by atoms with Crippen LogP contribution in [0.25, 0.3) is 22.0 Å². The van der Waals surface area contributed by atoms with Crippen molar-refractivity contribution in [3.05, 3.63) is 78.0 Å². The van der Waals surface area contributed by atoms with Crippen LogP contribution in [0, 0.1) is 11.2 Å². The number of piperidine rings is 1. The van der Waals surface area contributed by atoms with E-state index in [1.165, 1.54) is 11.1 Å². The lowest BCUT2D eigenvalue weighted by Gasteiger charge is -2.50. The summed E-state index contributed by atoms with van der Waals surface area (Å²) in [7, 11) is 1.90. The van der Waals surface area contributed by atoms with Crippen molar-refractivity contribution in [2.45, 2.75) is 38.8 Å². The van der Waals surface area contributed by atoms with Gasteiger partial charge < -0.3 is 5.11 Å². The molecule has 41 heavy (non-hydrogen) atoms. The van der Waals surface area contributed by atoms with Crippen LogP contribution in [0.5, 0.6) is 0 Å². The van der Waals surface area contributed by atoms with Gasteiger partial charge in [-0.3, -0.25) is 29.6 Å². The van der Waals surface area contributed by atoms with Crippen LogP contribution in [-0.2, 0) is 24.0 Å². The summed E-state index contributed by atoms with van der Waals surface area (Å²) in [6, 6.07) is 12.8. The fraction of sp³-hybridized carbons (Fsp3) is 0.355. The Balaban J connectivity index is 1.23. The zero-order chi connectivity index (χ0) is 28.9. The van der Waals surface area contributed by atoms with Gasteiger partial charge in [-0.15, -0.1) is 0 Å². The van der Waals surface area contributed by atoms with E-state index < -0.39 is 22.9 Å². The molecule has 2 N–H and O–H groups in total. The van der Waals surface area contributed by atoms with E-state index in [1.807, 2.05) is 33.3 Å². The minimum Gasteiger partial charge on any atom is -0.384 e. The number of imide groups is 1. The smallest absolute Gasteiger partial charge is 0.328 e. The number of nitrogens with one attached hydrogen (secondary N) is 1. The van der Waals surface area contributed by atoms with Gasteiger partial charge >= 0.3 is 6.03 Å². The molecule has 2 aromatic heterocycles. The number of carbonyl (C=O) groups is 2. The number of hydrogen-bond acceptors (Lipinski definition) is 6. The lowest BCUT2D eigenvalue weighted by atomic mass is 9.66. The van der Waals surface area contributed by atoms with Gasteiger partial charge in [0.1, 0.15) is 5.82 Å². The van der Waals surface area contributed by atoms with Crippen LogP contribution in [0.1, 0.15) is 37.8 Å². The van der Waals surface area contributed by atoms with E-state index in [1.54, 1.807) is 22.9 Å². The maximum atomic E-state index is 16.2. The number of pyridine rings is 1. The molecule has 4 aromatic rings. The van der Waals surface area contributed by atoms with Crippen molar-refractivity contribution in [3.63, 3.8) is 0 Å². The summed E-state index contributed by atoms with van der Waals surface area (Å²) >= 11 is 0. The van der Waals surface area contributed by atoms with Crippen LogP contribution in [0.2, 0.25) is 0 Å². The monoisotopic (exact) mass is 556 g/mol. The number of aromatic nitrogens is 3. The van der Waals surface area contributed by atoms with E-state index in [2.05, 4.69) is 44.6 Å². The van der Waals surface area contributed by atoms with Crippen molar-refractivity contribution < 1.29 is 19.1 Å². The first kappa shape index (κ1) is 27.0. The minimum atomic E-state index is -1.41. The molecule has 0 aliphatic carbocycles. The normalized spacial score (nSPS) is 21.3. The molecule has 0 saturated carbocycles. The highest BCUT2D eigenvalue weighted by Gasteiger charge is 2.50. The molecule has 1 atom stereocenters. The van der Waals surface area contributed by atoms with E-state index in [0.29, 0.717) is 30.7 Å². The molecule has 0 bridgehead atoms. The van der Waals surface area contributed by atoms with E-state index in [4.69, 9.17) is 0 Å². The Morgan fingerprint density at radius 2 is 1.83 bits per heavy atom. The van der Waals surface area contributed by atoms with Crippen molar-refractivity contribution in [1.29, 1.82) is 0 Å². The fourth-order valence-electron chi connectivity index (χ4n) is 6.12. The summed E-state index contributed by atoms with van der Waals surface area (Å²) in [6.07, 6.45) is 5.85. The molecular weight excluding hydrogens is 523 g/mol. The maximum absolute atomic E-state index is 16.2. The number of likely N-dealkylation sites (tertiary alicyclic amines) is 1. The second kappa shape index (κ2) is 10.0. The first-order chi connectivity index (χ1) is 19.5. The van der Waals surface area contributed by atoms with Gasteiger partial charge in [0.15, 0.2) is 0 Å². The van der Waals surface area contributed by atoms with Gasteiger partial charge in [0.25, 0.3) is 0 Å². The Morgan fingerprint density at radius 1 is 1.05 bits per heavy atom. The van der Waals surface area contributed by atoms with Crippen LogP contribution >= 0.6 is 0 Å². The number of amides is 3. The molecule has 2 aliphatic rings. The number of anilines is 1. The third-order valence-corrected chi connectivity index (χ3v) is 8.52. The second-order valence-corrected chi connectivity index (χ2v) is 11.7. The Labute approximate surface area is 237 Å². The number of hydrogen-bond donors (Lipinski definition) is 2. The number of fused-ring (bicyclic) bond motifs is 1. The fourth-order valence-corrected chi connectivity index (χ4v) is 6.12. The van der Waals surface area contributed by atoms with Gasteiger partial charge in [0.2, 0.25) is 5.91 Å². The third-order valence-electron chi connectivity index (χ3n) is 8.52. The van der Waals surface area contributed by atoms with Crippen LogP contribution in [-0.4, -0.2) is 56.3 Å². The molecule has 2 aromatic carbocycles. The molecule has 0 spiro atoms. The average Bonchev–Trinajstić information content (AvgIpc) is 3.37. The highest BCUT2D eigenvalue weighted by molar-refractivity contribution is 6.06. The van der Waals surface area contributed by atoms with Crippen LogP contribution < -0.4 is 10.2 Å². The molecule has 2 aliphatic heterocycles. The SMILES string of the molecule is Cn1cc(-c2ccc(CN3CCC(O)(c4ccc5ncc(N6CCC(=O)NC6=O)cc5c4F)C(C)(C)C3)cc2)cn1. The van der Waals surface area contributed by atoms with Crippen LogP contribution in [0.15, 0.2) is 61.1 Å². The highest BCUT2D eigenvalue weighted by Crippen LogP contribution is 2.48. The summed E-state index contributed by atoms with van der Waals surface area (Å²) < 4.78 is 18.0. The van der Waals surface area contributed by atoms with Crippen molar-refractivity contribution in [3.8, 4) is 11.1 Å². The largest absolute Gasteiger partial charge is 0.384 e.